The molecular weight excluding hydrogens is 134 g/mol. The third kappa shape index (κ3) is 1.49. The van der Waals surface area contributed by atoms with Gasteiger partial charge in [0.25, 0.3) is 0 Å². The van der Waals surface area contributed by atoms with E-state index in [4.69, 9.17) is 11.6 Å². The van der Waals surface area contributed by atoms with Crippen molar-refractivity contribution < 1.29 is 0 Å². The molecule has 0 radical (unpaired) electrons. The maximum atomic E-state index is 5.71. The Balaban J connectivity index is 2.70. The van der Waals surface area contributed by atoms with Crippen molar-refractivity contribution in [3.63, 3.8) is 0 Å². The molecule has 0 spiro atoms. The number of likely N-dealkylation sites (N-methyl/N-ethyl adjacent to an activating group) is 1. The minimum Gasteiger partial charge on any atom is -0.373 e. The quantitative estimate of drug-likeness (QED) is 0.501. The van der Waals surface area contributed by atoms with E-state index in [0.29, 0.717) is 6.04 Å². The van der Waals surface area contributed by atoms with Gasteiger partial charge in [0.05, 0.1) is 5.03 Å². The van der Waals surface area contributed by atoms with E-state index in [1.54, 1.807) is 0 Å². The molecule has 0 aromatic carbocycles. The van der Waals surface area contributed by atoms with Gasteiger partial charge in [-0.1, -0.05) is 17.7 Å². The molecule has 1 rings (SSSR count). The first-order chi connectivity index (χ1) is 4.20. The lowest BCUT2D eigenvalue weighted by Gasteiger charge is -2.22. The molecular formula is C7H10ClN. The molecule has 0 aliphatic carbocycles. The highest BCUT2D eigenvalue weighted by Gasteiger charge is 2.05. The topological polar surface area (TPSA) is 3.24 Å². The van der Waals surface area contributed by atoms with Gasteiger partial charge in [-0.2, -0.15) is 0 Å². The van der Waals surface area contributed by atoms with Crippen molar-refractivity contribution in [3.8, 4) is 0 Å². The Hall–Kier alpha value is -0.430. The van der Waals surface area contributed by atoms with Crippen LogP contribution >= 0.6 is 11.6 Å². The average Bonchev–Trinajstić information content (AvgIpc) is 1.80. The Kier molecular flexibility index (Phi) is 1.81. The summed E-state index contributed by atoms with van der Waals surface area (Å²) in [7, 11) is 2.01. The molecule has 9 heavy (non-hydrogen) atoms. The van der Waals surface area contributed by atoms with E-state index in [9.17, 15) is 0 Å². The van der Waals surface area contributed by atoms with Crippen LogP contribution in [-0.2, 0) is 0 Å². The highest BCUT2D eigenvalue weighted by molar-refractivity contribution is 6.31. The lowest BCUT2D eigenvalue weighted by atomic mass is 10.2. The Morgan fingerprint density at radius 2 is 2.33 bits per heavy atom. The summed E-state index contributed by atoms with van der Waals surface area (Å²) in [5.41, 5.74) is 0. The molecule has 0 saturated carbocycles. The largest absolute Gasteiger partial charge is 0.373 e. The smallest absolute Gasteiger partial charge is 0.0562 e. The molecule has 1 unspecified atom stereocenters. The van der Waals surface area contributed by atoms with Gasteiger partial charge < -0.3 is 4.90 Å². The summed E-state index contributed by atoms with van der Waals surface area (Å²) in [6.07, 6.45) is 5.92. The fraction of sp³-hybridized carbons (Fsp3) is 0.429. The predicted molar refractivity (Wildman–Crippen MR) is 40.3 cm³/mol. The van der Waals surface area contributed by atoms with E-state index in [-0.39, 0.29) is 0 Å². The van der Waals surface area contributed by atoms with Crippen molar-refractivity contribution in [2.75, 3.05) is 7.05 Å². The highest BCUT2D eigenvalue weighted by Crippen LogP contribution is 2.13. The Labute approximate surface area is 60.6 Å². The van der Waals surface area contributed by atoms with E-state index >= 15 is 0 Å². The molecule has 50 valence electrons. The third-order valence-corrected chi connectivity index (χ3v) is 1.73. The van der Waals surface area contributed by atoms with Crippen LogP contribution in [0.15, 0.2) is 23.4 Å². The van der Waals surface area contributed by atoms with Gasteiger partial charge in [0, 0.05) is 19.3 Å². The number of halogens is 1. The minimum atomic E-state index is 0.479. The molecule has 0 saturated heterocycles. The number of rotatable bonds is 0. The van der Waals surface area contributed by atoms with Crippen molar-refractivity contribution in [1.82, 2.24) is 4.90 Å². The monoisotopic (exact) mass is 143 g/mol. The van der Waals surface area contributed by atoms with E-state index in [0.717, 1.165) is 5.03 Å². The van der Waals surface area contributed by atoms with Crippen molar-refractivity contribution in [2.45, 2.75) is 13.0 Å². The molecule has 0 amide bonds. The van der Waals surface area contributed by atoms with Crippen LogP contribution in [0.25, 0.3) is 0 Å². The zero-order chi connectivity index (χ0) is 6.85. The maximum Gasteiger partial charge on any atom is 0.0562 e. The van der Waals surface area contributed by atoms with Gasteiger partial charge in [-0.25, -0.2) is 0 Å². The molecule has 0 aromatic rings. The Morgan fingerprint density at radius 3 is 2.78 bits per heavy atom. The summed E-state index contributed by atoms with van der Waals surface area (Å²) in [6, 6.07) is 0.479. The first-order valence-electron chi connectivity index (χ1n) is 2.97. The first-order valence-corrected chi connectivity index (χ1v) is 3.35. The van der Waals surface area contributed by atoms with E-state index < -0.39 is 0 Å². The molecule has 1 heterocycles. The van der Waals surface area contributed by atoms with Crippen LogP contribution in [0, 0.1) is 0 Å². The molecule has 1 atom stereocenters. The van der Waals surface area contributed by atoms with Crippen LogP contribution in [0.5, 0.6) is 0 Å². The fourth-order valence-corrected chi connectivity index (χ4v) is 0.949. The van der Waals surface area contributed by atoms with Gasteiger partial charge in [-0.15, -0.1) is 0 Å². The van der Waals surface area contributed by atoms with Gasteiger partial charge >= 0.3 is 0 Å². The zero-order valence-electron chi connectivity index (χ0n) is 5.63. The number of nitrogens with zero attached hydrogens (tertiary/aromatic N) is 1. The first kappa shape index (κ1) is 6.69. The van der Waals surface area contributed by atoms with Crippen LogP contribution < -0.4 is 0 Å². The fourth-order valence-electron chi connectivity index (χ4n) is 0.722. The number of allylic oxidation sites excluding steroid dienone is 2. The van der Waals surface area contributed by atoms with E-state index in [1.807, 2.05) is 19.3 Å². The lowest BCUT2D eigenvalue weighted by molar-refractivity contribution is 0.402. The second kappa shape index (κ2) is 2.44. The molecule has 2 heteroatoms. The SMILES string of the molecule is CC1C=CC(Cl)=CN1C. The summed E-state index contributed by atoms with van der Waals surface area (Å²) in [6.45, 7) is 2.12. The molecule has 0 aromatic heterocycles. The maximum absolute atomic E-state index is 5.71. The predicted octanol–water partition coefficient (Wildman–Crippen LogP) is 1.96. The number of hydrogen-bond donors (Lipinski definition) is 0. The molecule has 1 aliphatic rings. The highest BCUT2D eigenvalue weighted by atomic mass is 35.5. The van der Waals surface area contributed by atoms with Crippen LogP contribution in [0.3, 0.4) is 0 Å². The van der Waals surface area contributed by atoms with Gasteiger partial charge in [0.1, 0.15) is 0 Å². The van der Waals surface area contributed by atoms with Crippen molar-refractivity contribution in [2.24, 2.45) is 0 Å². The lowest BCUT2D eigenvalue weighted by Crippen LogP contribution is -2.23. The molecule has 0 bridgehead atoms. The van der Waals surface area contributed by atoms with Crippen LogP contribution in [0.2, 0.25) is 0 Å². The van der Waals surface area contributed by atoms with Crippen molar-refractivity contribution >= 4 is 11.6 Å². The summed E-state index contributed by atoms with van der Waals surface area (Å²) in [4.78, 5) is 2.07. The average molecular weight is 144 g/mol. The van der Waals surface area contributed by atoms with Crippen LogP contribution in [0.4, 0.5) is 0 Å². The zero-order valence-corrected chi connectivity index (χ0v) is 6.39. The van der Waals surface area contributed by atoms with Crippen molar-refractivity contribution in [3.05, 3.63) is 23.4 Å². The molecule has 1 nitrogen and oxygen atoms in total. The van der Waals surface area contributed by atoms with E-state index in [1.165, 1.54) is 0 Å². The van der Waals surface area contributed by atoms with Crippen LogP contribution in [0.1, 0.15) is 6.92 Å². The van der Waals surface area contributed by atoms with E-state index in [2.05, 4.69) is 17.9 Å². The third-order valence-electron chi connectivity index (χ3n) is 1.50. The Bertz CT molecular complexity index is 160. The van der Waals surface area contributed by atoms with Crippen LogP contribution in [-0.4, -0.2) is 18.0 Å². The molecule has 1 aliphatic heterocycles. The van der Waals surface area contributed by atoms with Gasteiger partial charge in [0.2, 0.25) is 0 Å². The van der Waals surface area contributed by atoms with Gasteiger partial charge in [0.15, 0.2) is 0 Å². The minimum absolute atomic E-state index is 0.479. The van der Waals surface area contributed by atoms with Gasteiger partial charge in [-0.3, -0.25) is 0 Å². The normalized spacial score (nSPS) is 26.3. The molecule has 0 fully saturated rings. The van der Waals surface area contributed by atoms with Gasteiger partial charge in [-0.05, 0) is 13.0 Å². The summed E-state index contributed by atoms with van der Waals surface area (Å²) >= 11 is 5.71. The second-order valence-electron chi connectivity index (χ2n) is 2.28. The molecule has 0 N–H and O–H groups in total. The Morgan fingerprint density at radius 1 is 1.67 bits per heavy atom. The standard InChI is InChI=1S/C7H10ClN/c1-6-3-4-7(8)5-9(6)2/h3-6H,1-2H3. The number of hydrogen-bond acceptors (Lipinski definition) is 1. The van der Waals surface area contributed by atoms with Crippen molar-refractivity contribution in [1.29, 1.82) is 0 Å². The summed E-state index contributed by atoms with van der Waals surface area (Å²) < 4.78 is 0. The summed E-state index contributed by atoms with van der Waals surface area (Å²) in [5, 5.41) is 0.801. The second-order valence-corrected chi connectivity index (χ2v) is 2.72. The summed E-state index contributed by atoms with van der Waals surface area (Å²) in [5.74, 6) is 0.